The first-order chi connectivity index (χ1) is 9.09. The Bertz CT molecular complexity index is 622. The van der Waals surface area contributed by atoms with Crippen LogP contribution in [0.5, 0.6) is 0 Å². The second-order valence-electron chi connectivity index (χ2n) is 4.53. The molecule has 1 N–H and O–H groups in total. The Labute approximate surface area is 110 Å². The number of anilines is 1. The molecule has 4 nitrogen and oxygen atoms in total. The third kappa shape index (κ3) is 2.99. The normalized spacial score (nSPS) is 10.7. The minimum atomic E-state index is -0.296. The second-order valence-corrected chi connectivity index (χ2v) is 4.53. The molecule has 0 fully saturated rings. The minimum absolute atomic E-state index is 0.0597. The first-order valence-electron chi connectivity index (χ1n) is 6.14. The largest absolute Gasteiger partial charge is 0.361 e. The molecule has 0 aliphatic heterocycles. The van der Waals surface area contributed by atoms with E-state index in [0.29, 0.717) is 5.56 Å². The van der Waals surface area contributed by atoms with Gasteiger partial charge in [0, 0.05) is 30.5 Å². The van der Waals surface area contributed by atoms with E-state index in [0.717, 1.165) is 0 Å². The van der Waals surface area contributed by atoms with E-state index in [9.17, 15) is 9.18 Å². The van der Waals surface area contributed by atoms with Crippen molar-refractivity contribution in [2.24, 2.45) is 0 Å². The molecule has 19 heavy (non-hydrogen) atoms. The number of nitrogens with zero attached hydrogens (tertiary/aromatic N) is 2. The number of halogens is 1. The zero-order valence-corrected chi connectivity index (χ0v) is 10.9. The molecule has 2 aromatic rings. The summed E-state index contributed by atoms with van der Waals surface area (Å²) in [5.41, 5.74) is 0.303. The van der Waals surface area contributed by atoms with Gasteiger partial charge in [-0.2, -0.15) is 0 Å². The van der Waals surface area contributed by atoms with Crippen molar-refractivity contribution in [2.75, 3.05) is 5.32 Å². The third-order valence-electron chi connectivity index (χ3n) is 2.83. The van der Waals surface area contributed by atoms with Gasteiger partial charge in [0.05, 0.1) is 0 Å². The molecule has 2 rings (SSSR count). The van der Waals surface area contributed by atoms with E-state index in [1.807, 2.05) is 13.8 Å². The molecule has 5 heteroatoms. The monoisotopic (exact) mass is 261 g/mol. The van der Waals surface area contributed by atoms with Crippen LogP contribution in [-0.2, 0) is 6.54 Å². The third-order valence-corrected chi connectivity index (χ3v) is 2.83. The van der Waals surface area contributed by atoms with Gasteiger partial charge in [-0.15, -0.1) is 0 Å². The lowest BCUT2D eigenvalue weighted by atomic mass is 10.2. The average Bonchev–Trinajstić information content (AvgIpc) is 2.39. The maximum absolute atomic E-state index is 13.5. The predicted molar refractivity (Wildman–Crippen MR) is 72.6 cm³/mol. The first kappa shape index (κ1) is 13.3. The molecule has 0 aliphatic rings. The van der Waals surface area contributed by atoms with Crippen LogP contribution < -0.4 is 10.9 Å². The quantitative estimate of drug-likeness (QED) is 0.920. The van der Waals surface area contributed by atoms with Crippen molar-refractivity contribution in [2.45, 2.75) is 26.4 Å². The van der Waals surface area contributed by atoms with E-state index >= 15 is 0 Å². The van der Waals surface area contributed by atoms with Gasteiger partial charge in [-0.05, 0) is 19.9 Å². The fraction of sp³-hybridized carbons (Fsp3) is 0.286. The van der Waals surface area contributed by atoms with Gasteiger partial charge in [0.15, 0.2) is 5.82 Å². The Hall–Kier alpha value is -2.17. The molecule has 0 saturated carbocycles. The summed E-state index contributed by atoms with van der Waals surface area (Å²) in [7, 11) is 0. The van der Waals surface area contributed by atoms with E-state index in [1.54, 1.807) is 35.2 Å². The second kappa shape index (κ2) is 5.65. The summed E-state index contributed by atoms with van der Waals surface area (Å²) >= 11 is 0. The van der Waals surface area contributed by atoms with Crippen molar-refractivity contribution in [1.29, 1.82) is 0 Å². The maximum Gasteiger partial charge on any atom is 0.293 e. The average molecular weight is 261 g/mol. The molecule has 0 spiro atoms. The Morgan fingerprint density at radius 2 is 2.11 bits per heavy atom. The first-order valence-corrected chi connectivity index (χ1v) is 6.14. The van der Waals surface area contributed by atoms with Crippen LogP contribution in [0, 0.1) is 5.82 Å². The topological polar surface area (TPSA) is 46.9 Å². The molecule has 1 aromatic heterocycles. The van der Waals surface area contributed by atoms with Crippen LogP contribution in [0.15, 0.2) is 41.5 Å². The lowest BCUT2D eigenvalue weighted by molar-refractivity contribution is 0.574. The summed E-state index contributed by atoms with van der Waals surface area (Å²) in [6.45, 7) is 4.07. The lowest BCUT2D eigenvalue weighted by Crippen LogP contribution is -2.25. The van der Waals surface area contributed by atoms with Gasteiger partial charge in [-0.1, -0.05) is 18.2 Å². The molecule has 0 bridgehead atoms. The van der Waals surface area contributed by atoms with E-state index in [1.165, 1.54) is 6.07 Å². The van der Waals surface area contributed by atoms with Gasteiger partial charge < -0.3 is 9.88 Å². The molecule has 0 unspecified atom stereocenters. The van der Waals surface area contributed by atoms with Crippen molar-refractivity contribution in [3.8, 4) is 0 Å². The van der Waals surface area contributed by atoms with Crippen LogP contribution in [0.4, 0.5) is 10.2 Å². The molecule has 0 atom stereocenters. The molecular weight excluding hydrogens is 245 g/mol. The Balaban J connectivity index is 2.19. The fourth-order valence-corrected chi connectivity index (χ4v) is 1.77. The highest BCUT2D eigenvalue weighted by Gasteiger charge is 2.07. The van der Waals surface area contributed by atoms with Crippen LogP contribution in [0.25, 0.3) is 0 Å². The Morgan fingerprint density at radius 1 is 1.37 bits per heavy atom. The predicted octanol–water partition coefficient (Wildman–Crippen LogP) is 2.58. The summed E-state index contributed by atoms with van der Waals surface area (Å²) in [4.78, 5) is 16.1. The van der Waals surface area contributed by atoms with Gasteiger partial charge in [0.2, 0.25) is 0 Å². The van der Waals surface area contributed by atoms with Crippen molar-refractivity contribution in [3.05, 3.63) is 58.4 Å². The van der Waals surface area contributed by atoms with Gasteiger partial charge in [0.1, 0.15) is 5.82 Å². The Kier molecular flexibility index (Phi) is 3.94. The highest BCUT2D eigenvalue weighted by molar-refractivity contribution is 5.33. The highest BCUT2D eigenvalue weighted by Crippen LogP contribution is 2.08. The lowest BCUT2D eigenvalue weighted by Gasteiger charge is -2.11. The molecule has 0 radical (unpaired) electrons. The van der Waals surface area contributed by atoms with E-state index in [2.05, 4.69) is 10.3 Å². The molecule has 0 amide bonds. The number of rotatable bonds is 4. The molecule has 0 saturated heterocycles. The Morgan fingerprint density at radius 3 is 2.79 bits per heavy atom. The van der Waals surface area contributed by atoms with Gasteiger partial charge in [-0.3, -0.25) is 4.79 Å². The molecule has 100 valence electrons. The number of hydrogen-bond acceptors (Lipinski definition) is 3. The van der Waals surface area contributed by atoms with Crippen LogP contribution in [0.3, 0.4) is 0 Å². The van der Waals surface area contributed by atoms with Gasteiger partial charge in [0.25, 0.3) is 5.56 Å². The zero-order chi connectivity index (χ0) is 13.8. The van der Waals surface area contributed by atoms with E-state index in [-0.39, 0.29) is 29.8 Å². The van der Waals surface area contributed by atoms with Crippen molar-refractivity contribution >= 4 is 5.82 Å². The fourth-order valence-electron chi connectivity index (χ4n) is 1.77. The maximum atomic E-state index is 13.5. The summed E-state index contributed by atoms with van der Waals surface area (Å²) in [5, 5.41) is 2.88. The minimum Gasteiger partial charge on any atom is -0.361 e. The highest BCUT2D eigenvalue weighted by atomic mass is 19.1. The van der Waals surface area contributed by atoms with Crippen LogP contribution >= 0.6 is 0 Å². The molecule has 1 heterocycles. The number of hydrogen-bond donors (Lipinski definition) is 1. The van der Waals surface area contributed by atoms with Crippen LogP contribution in [-0.4, -0.2) is 9.55 Å². The van der Waals surface area contributed by atoms with Gasteiger partial charge in [-0.25, -0.2) is 9.37 Å². The summed E-state index contributed by atoms with van der Waals surface area (Å²) in [6, 6.07) is 6.51. The standard InChI is InChI=1S/C14H16FN3O/c1-10(2)18-8-7-16-13(14(18)19)17-9-11-5-3-4-6-12(11)15/h3-8,10H,9H2,1-2H3,(H,16,17). The summed E-state index contributed by atoms with van der Waals surface area (Å²) in [5.74, 6) is -0.0606. The molecule has 1 aromatic carbocycles. The SMILES string of the molecule is CC(C)n1ccnc(NCc2ccccc2F)c1=O. The van der Waals surface area contributed by atoms with Gasteiger partial charge >= 0.3 is 0 Å². The summed E-state index contributed by atoms with van der Waals surface area (Å²) in [6.07, 6.45) is 3.20. The van der Waals surface area contributed by atoms with Crippen molar-refractivity contribution in [1.82, 2.24) is 9.55 Å². The number of nitrogens with one attached hydrogen (secondary N) is 1. The van der Waals surface area contributed by atoms with Crippen molar-refractivity contribution < 1.29 is 4.39 Å². The molecular formula is C14H16FN3O. The van der Waals surface area contributed by atoms with Crippen molar-refractivity contribution in [3.63, 3.8) is 0 Å². The van der Waals surface area contributed by atoms with Crippen LogP contribution in [0.2, 0.25) is 0 Å². The van der Waals surface area contributed by atoms with Crippen LogP contribution in [0.1, 0.15) is 25.5 Å². The smallest absolute Gasteiger partial charge is 0.293 e. The summed E-state index contributed by atoms with van der Waals surface area (Å²) < 4.78 is 15.0. The number of benzene rings is 1. The number of aromatic nitrogens is 2. The zero-order valence-electron chi connectivity index (χ0n) is 10.9. The van der Waals surface area contributed by atoms with E-state index in [4.69, 9.17) is 0 Å². The molecule has 0 aliphatic carbocycles. The van der Waals surface area contributed by atoms with E-state index < -0.39 is 0 Å².